The van der Waals surface area contributed by atoms with Crippen molar-refractivity contribution < 1.29 is 27.1 Å². The average Bonchev–Trinajstić information content (AvgIpc) is 3.08. The van der Waals surface area contributed by atoms with Crippen LogP contribution in [0.3, 0.4) is 0 Å². The SMILES string of the molecule is COc1ccc(S(=O)(=O)NC(C)(C)C)cc1NC(=O)C(=O)N1CCc2cc(F)ccc21. The van der Waals surface area contributed by atoms with Crippen molar-refractivity contribution in [1.29, 1.82) is 0 Å². The summed E-state index contributed by atoms with van der Waals surface area (Å²) < 4.78 is 46.4. The van der Waals surface area contributed by atoms with Gasteiger partial charge in [0.05, 0.1) is 17.7 Å². The summed E-state index contributed by atoms with van der Waals surface area (Å²) in [7, 11) is -2.51. The second kappa shape index (κ2) is 8.27. The highest BCUT2D eigenvalue weighted by Crippen LogP contribution is 2.30. The first-order chi connectivity index (χ1) is 14.4. The molecule has 0 radical (unpaired) electrons. The largest absolute Gasteiger partial charge is 0.495 e. The first-order valence-electron chi connectivity index (χ1n) is 9.54. The Balaban J connectivity index is 1.85. The molecule has 0 aromatic heterocycles. The molecule has 1 heterocycles. The van der Waals surface area contributed by atoms with Crippen LogP contribution in [-0.4, -0.2) is 39.4 Å². The molecule has 0 aliphatic carbocycles. The Morgan fingerprint density at radius 1 is 1.13 bits per heavy atom. The lowest BCUT2D eigenvalue weighted by Crippen LogP contribution is -2.40. The van der Waals surface area contributed by atoms with Gasteiger partial charge in [-0.15, -0.1) is 0 Å². The van der Waals surface area contributed by atoms with Crippen molar-refractivity contribution >= 4 is 33.2 Å². The molecule has 0 bridgehead atoms. The summed E-state index contributed by atoms with van der Waals surface area (Å²) in [6, 6.07) is 7.98. The predicted molar refractivity (Wildman–Crippen MR) is 114 cm³/mol. The third kappa shape index (κ3) is 5.02. The summed E-state index contributed by atoms with van der Waals surface area (Å²) in [5.74, 6) is -2.02. The van der Waals surface area contributed by atoms with Crippen LogP contribution in [-0.2, 0) is 26.0 Å². The number of amides is 2. The molecule has 0 saturated carbocycles. The normalized spacial score (nSPS) is 13.6. The highest BCUT2D eigenvalue weighted by molar-refractivity contribution is 7.89. The number of sulfonamides is 1. The Kier molecular flexibility index (Phi) is 6.06. The van der Waals surface area contributed by atoms with Crippen molar-refractivity contribution in [1.82, 2.24) is 4.72 Å². The predicted octanol–water partition coefficient (Wildman–Crippen LogP) is 2.44. The van der Waals surface area contributed by atoms with Crippen LogP contribution >= 0.6 is 0 Å². The van der Waals surface area contributed by atoms with Crippen LogP contribution in [0.2, 0.25) is 0 Å². The third-order valence-corrected chi connectivity index (χ3v) is 6.30. The first-order valence-corrected chi connectivity index (χ1v) is 11.0. The molecule has 0 atom stereocenters. The summed E-state index contributed by atoms with van der Waals surface area (Å²) in [5.41, 5.74) is 0.441. The fourth-order valence-electron chi connectivity index (χ4n) is 3.29. The minimum absolute atomic E-state index is 0.0381. The molecule has 10 heteroatoms. The minimum atomic E-state index is -3.87. The standard InChI is InChI=1S/C21H24FN3O5S/c1-21(2,3)24-31(28,29)15-6-8-18(30-4)16(12-15)23-19(26)20(27)25-10-9-13-11-14(22)5-7-17(13)25/h5-8,11-12,24H,9-10H2,1-4H3,(H,23,26). The number of hydrogen-bond donors (Lipinski definition) is 2. The van der Waals surface area contributed by atoms with Crippen molar-refractivity contribution in [3.8, 4) is 5.75 Å². The Bertz CT molecular complexity index is 1140. The molecule has 3 rings (SSSR count). The maximum absolute atomic E-state index is 13.4. The molecule has 0 saturated heterocycles. The van der Waals surface area contributed by atoms with Crippen LogP contribution in [0, 0.1) is 5.82 Å². The van der Waals surface area contributed by atoms with Crippen LogP contribution in [0.15, 0.2) is 41.3 Å². The van der Waals surface area contributed by atoms with Gasteiger partial charge in [-0.05, 0) is 69.2 Å². The lowest BCUT2D eigenvalue weighted by Gasteiger charge is -2.21. The van der Waals surface area contributed by atoms with Gasteiger partial charge in [-0.1, -0.05) is 0 Å². The molecule has 2 aromatic rings. The number of carbonyl (C=O) groups is 2. The van der Waals surface area contributed by atoms with Crippen molar-refractivity contribution in [2.75, 3.05) is 23.9 Å². The van der Waals surface area contributed by atoms with E-state index in [4.69, 9.17) is 4.74 Å². The number of nitrogens with zero attached hydrogens (tertiary/aromatic N) is 1. The second-order valence-corrected chi connectivity index (χ2v) is 9.83. The number of carbonyl (C=O) groups excluding carboxylic acids is 2. The van der Waals surface area contributed by atoms with Gasteiger partial charge in [0, 0.05) is 17.8 Å². The zero-order chi connectivity index (χ0) is 23.0. The van der Waals surface area contributed by atoms with Gasteiger partial charge in [-0.3, -0.25) is 9.59 Å². The van der Waals surface area contributed by atoms with Crippen LogP contribution in [0.4, 0.5) is 15.8 Å². The molecular weight excluding hydrogens is 425 g/mol. The van der Waals surface area contributed by atoms with Crippen LogP contribution in [0.5, 0.6) is 5.75 Å². The van der Waals surface area contributed by atoms with Crippen LogP contribution in [0.25, 0.3) is 0 Å². The average molecular weight is 450 g/mol. The van der Waals surface area contributed by atoms with E-state index in [0.29, 0.717) is 17.7 Å². The van der Waals surface area contributed by atoms with E-state index >= 15 is 0 Å². The number of methoxy groups -OCH3 is 1. The monoisotopic (exact) mass is 449 g/mol. The van der Waals surface area contributed by atoms with E-state index in [2.05, 4.69) is 10.0 Å². The Labute approximate surface area is 180 Å². The van der Waals surface area contributed by atoms with E-state index in [0.717, 1.165) is 0 Å². The van der Waals surface area contributed by atoms with E-state index in [1.54, 1.807) is 20.8 Å². The van der Waals surface area contributed by atoms with Gasteiger partial charge in [-0.2, -0.15) is 0 Å². The summed E-state index contributed by atoms with van der Waals surface area (Å²) >= 11 is 0. The van der Waals surface area contributed by atoms with E-state index in [1.807, 2.05) is 0 Å². The van der Waals surface area contributed by atoms with Crippen molar-refractivity contribution in [2.45, 2.75) is 37.6 Å². The van der Waals surface area contributed by atoms with Crippen molar-refractivity contribution in [3.63, 3.8) is 0 Å². The van der Waals surface area contributed by atoms with Gasteiger partial charge in [0.1, 0.15) is 11.6 Å². The fourth-order valence-corrected chi connectivity index (χ4v) is 4.74. The van der Waals surface area contributed by atoms with Gasteiger partial charge in [0.2, 0.25) is 10.0 Å². The number of hydrogen-bond acceptors (Lipinski definition) is 5. The summed E-state index contributed by atoms with van der Waals surface area (Å²) in [5, 5.41) is 2.43. The summed E-state index contributed by atoms with van der Waals surface area (Å²) in [6.07, 6.45) is 0.432. The Hall–Kier alpha value is -2.98. The Morgan fingerprint density at radius 3 is 2.48 bits per heavy atom. The summed E-state index contributed by atoms with van der Waals surface area (Å²) in [4.78, 5) is 26.5. The molecule has 2 amide bonds. The van der Waals surface area contributed by atoms with Gasteiger partial charge >= 0.3 is 11.8 Å². The molecule has 0 spiro atoms. The molecule has 1 aliphatic heterocycles. The van der Waals surface area contributed by atoms with Gasteiger partial charge in [0.25, 0.3) is 0 Å². The zero-order valence-corrected chi connectivity index (χ0v) is 18.5. The molecule has 2 N–H and O–H groups in total. The highest BCUT2D eigenvalue weighted by Gasteiger charge is 2.30. The molecule has 8 nitrogen and oxygen atoms in total. The number of rotatable bonds is 4. The third-order valence-electron chi connectivity index (χ3n) is 4.55. The number of nitrogens with one attached hydrogen (secondary N) is 2. The van der Waals surface area contributed by atoms with Crippen molar-refractivity contribution in [3.05, 3.63) is 47.8 Å². The summed E-state index contributed by atoms with van der Waals surface area (Å²) in [6.45, 7) is 5.35. The van der Waals surface area contributed by atoms with E-state index in [1.165, 1.54) is 48.4 Å². The van der Waals surface area contributed by atoms with Crippen LogP contribution in [0.1, 0.15) is 26.3 Å². The number of anilines is 2. The zero-order valence-electron chi connectivity index (χ0n) is 17.7. The Morgan fingerprint density at radius 2 is 1.84 bits per heavy atom. The van der Waals surface area contributed by atoms with Crippen molar-refractivity contribution in [2.24, 2.45) is 0 Å². The smallest absolute Gasteiger partial charge is 0.316 e. The van der Waals surface area contributed by atoms with Gasteiger partial charge in [0.15, 0.2) is 0 Å². The van der Waals surface area contributed by atoms with Gasteiger partial charge < -0.3 is 15.0 Å². The van der Waals surface area contributed by atoms with E-state index in [9.17, 15) is 22.4 Å². The molecule has 0 unspecified atom stereocenters. The number of fused-ring (bicyclic) bond motifs is 1. The lowest BCUT2D eigenvalue weighted by molar-refractivity contribution is -0.134. The van der Waals surface area contributed by atoms with E-state index in [-0.39, 0.29) is 22.9 Å². The maximum Gasteiger partial charge on any atom is 0.316 e. The highest BCUT2D eigenvalue weighted by atomic mass is 32.2. The molecule has 2 aromatic carbocycles. The number of benzene rings is 2. The molecule has 166 valence electrons. The minimum Gasteiger partial charge on any atom is -0.495 e. The molecular formula is C21H24FN3O5S. The molecule has 0 fully saturated rings. The molecule has 1 aliphatic rings. The topological polar surface area (TPSA) is 105 Å². The number of ether oxygens (including phenoxy) is 1. The van der Waals surface area contributed by atoms with Gasteiger partial charge in [-0.25, -0.2) is 17.5 Å². The number of halogens is 1. The maximum atomic E-state index is 13.4. The second-order valence-electron chi connectivity index (χ2n) is 8.15. The molecule has 31 heavy (non-hydrogen) atoms. The quantitative estimate of drug-likeness (QED) is 0.698. The van der Waals surface area contributed by atoms with Crippen LogP contribution < -0.4 is 19.7 Å². The fraction of sp³-hybridized carbons (Fsp3) is 0.333. The van der Waals surface area contributed by atoms with E-state index < -0.39 is 33.2 Å². The first kappa shape index (κ1) is 22.7. The lowest BCUT2D eigenvalue weighted by atomic mass is 10.1.